The highest BCUT2D eigenvalue weighted by atomic mass is 79.9. The van der Waals surface area contributed by atoms with Gasteiger partial charge in [0.1, 0.15) is 5.75 Å². The summed E-state index contributed by atoms with van der Waals surface area (Å²) in [5, 5.41) is 3.33. The molecule has 0 bridgehead atoms. The smallest absolute Gasteiger partial charge is 0.147 e. The summed E-state index contributed by atoms with van der Waals surface area (Å²) >= 11 is 7.17. The van der Waals surface area contributed by atoms with Crippen LogP contribution in [-0.4, -0.2) is 26.9 Å². The Morgan fingerprint density at radius 3 is 2.45 bits per heavy atom. The van der Waals surface area contributed by atoms with E-state index in [-0.39, 0.29) is 0 Å². The van der Waals surface area contributed by atoms with Gasteiger partial charge in [-0.25, -0.2) is 0 Å². The molecule has 3 nitrogen and oxygen atoms in total. The minimum atomic E-state index is 0.559. The molecule has 0 radical (unpaired) electrons. The highest BCUT2D eigenvalue weighted by molar-refractivity contribution is 9.11. The Morgan fingerprint density at radius 1 is 1.25 bits per heavy atom. The van der Waals surface area contributed by atoms with Crippen LogP contribution < -0.4 is 10.1 Å². The molecule has 1 N–H and O–H groups in total. The number of rotatable bonds is 9. The Morgan fingerprint density at radius 2 is 1.90 bits per heavy atom. The van der Waals surface area contributed by atoms with Gasteiger partial charge in [0.25, 0.3) is 0 Å². The van der Waals surface area contributed by atoms with Crippen LogP contribution in [-0.2, 0) is 11.3 Å². The summed E-state index contributed by atoms with van der Waals surface area (Å²) in [7, 11) is 1.71. The average Bonchev–Trinajstić information content (AvgIpc) is 2.42. The standard InChI is InChI=1S/C15H23Br2NO2/c1-4-11(2)10-20-15-13(16)7-12(8-14(15)17)9-18-5-6-19-3/h7-8,11,18H,4-6,9-10H2,1-3H3. The molecule has 1 aromatic carbocycles. The lowest BCUT2D eigenvalue weighted by atomic mass is 10.1. The van der Waals surface area contributed by atoms with E-state index in [0.29, 0.717) is 5.92 Å². The molecule has 1 atom stereocenters. The quantitative estimate of drug-likeness (QED) is 0.615. The summed E-state index contributed by atoms with van der Waals surface area (Å²) in [4.78, 5) is 0. The third-order valence-corrected chi connectivity index (χ3v) is 4.26. The molecule has 0 spiro atoms. The minimum Gasteiger partial charge on any atom is -0.491 e. The molecule has 0 fully saturated rings. The second-order valence-corrected chi connectivity index (χ2v) is 6.59. The molecule has 0 saturated carbocycles. The van der Waals surface area contributed by atoms with Gasteiger partial charge in [-0.05, 0) is 55.5 Å². The number of hydrogen-bond donors (Lipinski definition) is 1. The Balaban J connectivity index is 2.61. The number of hydrogen-bond acceptors (Lipinski definition) is 3. The van der Waals surface area contributed by atoms with E-state index in [1.807, 2.05) is 0 Å². The van der Waals surface area contributed by atoms with Crippen molar-refractivity contribution in [1.29, 1.82) is 0 Å². The normalized spacial score (nSPS) is 12.4. The first kappa shape index (κ1) is 18.0. The predicted octanol–water partition coefficient (Wildman–Crippen LogP) is 4.37. The zero-order valence-electron chi connectivity index (χ0n) is 12.3. The summed E-state index contributed by atoms with van der Waals surface area (Å²) in [6, 6.07) is 4.19. The van der Waals surface area contributed by atoms with Gasteiger partial charge in [0.2, 0.25) is 0 Å². The number of halogens is 2. The first-order valence-corrected chi connectivity index (χ1v) is 8.47. The number of benzene rings is 1. The fourth-order valence-corrected chi connectivity index (χ4v) is 3.11. The summed E-state index contributed by atoms with van der Waals surface area (Å²) in [6.07, 6.45) is 1.12. The van der Waals surface area contributed by atoms with Crippen LogP contribution in [0.15, 0.2) is 21.1 Å². The number of nitrogens with one attached hydrogen (secondary N) is 1. The van der Waals surface area contributed by atoms with Gasteiger partial charge in [0.15, 0.2) is 0 Å². The van der Waals surface area contributed by atoms with Crippen molar-refractivity contribution in [2.75, 3.05) is 26.9 Å². The Hall–Kier alpha value is -0.100. The molecule has 0 aromatic heterocycles. The zero-order valence-corrected chi connectivity index (χ0v) is 15.5. The van der Waals surface area contributed by atoms with Crippen LogP contribution in [0.4, 0.5) is 0 Å². The van der Waals surface area contributed by atoms with E-state index in [1.54, 1.807) is 7.11 Å². The van der Waals surface area contributed by atoms with Crippen molar-refractivity contribution >= 4 is 31.9 Å². The Labute approximate surface area is 138 Å². The second-order valence-electron chi connectivity index (χ2n) is 4.88. The van der Waals surface area contributed by atoms with Crippen LogP contribution in [0.5, 0.6) is 5.75 Å². The van der Waals surface area contributed by atoms with Crippen molar-refractivity contribution in [3.63, 3.8) is 0 Å². The van der Waals surface area contributed by atoms with Crippen molar-refractivity contribution in [1.82, 2.24) is 5.32 Å². The third kappa shape index (κ3) is 6.12. The second kappa shape index (κ2) is 9.77. The van der Waals surface area contributed by atoms with Crippen LogP contribution in [0.1, 0.15) is 25.8 Å². The van der Waals surface area contributed by atoms with Crippen LogP contribution in [0.3, 0.4) is 0 Å². The fourth-order valence-electron chi connectivity index (χ4n) is 1.60. The molecule has 0 heterocycles. The van der Waals surface area contributed by atoms with Gasteiger partial charge in [-0.3, -0.25) is 0 Å². The first-order chi connectivity index (χ1) is 9.58. The molecule has 1 rings (SSSR count). The van der Waals surface area contributed by atoms with Crippen LogP contribution in [0, 0.1) is 5.92 Å². The van der Waals surface area contributed by atoms with E-state index in [2.05, 4.69) is 63.2 Å². The van der Waals surface area contributed by atoms with Crippen LogP contribution in [0.2, 0.25) is 0 Å². The highest BCUT2D eigenvalue weighted by Crippen LogP contribution is 2.35. The van der Waals surface area contributed by atoms with E-state index in [1.165, 1.54) is 5.56 Å². The van der Waals surface area contributed by atoms with Gasteiger partial charge >= 0.3 is 0 Å². The lowest BCUT2D eigenvalue weighted by molar-refractivity contribution is 0.199. The molecule has 20 heavy (non-hydrogen) atoms. The third-order valence-electron chi connectivity index (χ3n) is 3.08. The lowest BCUT2D eigenvalue weighted by Gasteiger charge is -2.15. The van der Waals surface area contributed by atoms with Crippen LogP contribution in [0.25, 0.3) is 0 Å². The molecular formula is C15H23Br2NO2. The van der Waals surface area contributed by atoms with Gasteiger partial charge < -0.3 is 14.8 Å². The first-order valence-electron chi connectivity index (χ1n) is 6.88. The van der Waals surface area contributed by atoms with Crippen molar-refractivity contribution < 1.29 is 9.47 Å². The molecule has 0 aliphatic carbocycles. The van der Waals surface area contributed by atoms with E-state index >= 15 is 0 Å². The number of ether oxygens (including phenoxy) is 2. The van der Waals surface area contributed by atoms with Crippen molar-refractivity contribution in [3.05, 3.63) is 26.6 Å². The van der Waals surface area contributed by atoms with Crippen molar-refractivity contribution in [2.45, 2.75) is 26.8 Å². The topological polar surface area (TPSA) is 30.5 Å². The molecule has 5 heteroatoms. The molecule has 0 aliphatic heterocycles. The van der Waals surface area contributed by atoms with Gasteiger partial charge in [0, 0.05) is 20.2 Å². The van der Waals surface area contributed by atoms with Crippen molar-refractivity contribution in [2.24, 2.45) is 5.92 Å². The summed E-state index contributed by atoms with van der Waals surface area (Å²) < 4.78 is 12.9. The highest BCUT2D eigenvalue weighted by Gasteiger charge is 2.10. The maximum atomic E-state index is 5.88. The molecule has 1 unspecified atom stereocenters. The maximum Gasteiger partial charge on any atom is 0.147 e. The Bertz CT molecular complexity index is 390. The molecule has 0 amide bonds. The number of methoxy groups -OCH3 is 1. The zero-order chi connectivity index (χ0) is 15.0. The maximum absolute atomic E-state index is 5.88. The molecular weight excluding hydrogens is 386 g/mol. The summed E-state index contributed by atoms with van der Waals surface area (Å²) in [5.74, 6) is 1.44. The molecule has 0 saturated heterocycles. The van der Waals surface area contributed by atoms with Gasteiger partial charge in [-0.2, -0.15) is 0 Å². The average molecular weight is 409 g/mol. The van der Waals surface area contributed by atoms with Crippen molar-refractivity contribution in [3.8, 4) is 5.75 Å². The largest absolute Gasteiger partial charge is 0.491 e. The SMILES string of the molecule is CCC(C)COc1c(Br)cc(CNCCOC)cc1Br. The van der Waals surface area contributed by atoms with Gasteiger partial charge in [0.05, 0.1) is 22.2 Å². The molecule has 114 valence electrons. The lowest BCUT2D eigenvalue weighted by Crippen LogP contribution is -2.18. The molecule has 0 aliphatic rings. The summed E-state index contributed by atoms with van der Waals surface area (Å²) in [6.45, 7) is 7.48. The monoisotopic (exact) mass is 407 g/mol. The fraction of sp³-hybridized carbons (Fsp3) is 0.600. The van der Waals surface area contributed by atoms with E-state index in [4.69, 9.17) is 9.47 Å². The Kier molecular flexibility index (Phi) is 8.77. The van der Waals surface area contributed by atoms with E-state index in [9.17, 15) is 0 Å². The van der Waals surface area contributed by atoms with E-state index < -0.39 is 0 Å². The predicted molar refractivity (Wildman–Crippen MR) is 90.4 cm³/mol. The van der Waals surface area contributed by atoms with E-state index in [0.717, 1.165) is 47.4 Å². The van der Waals surface area contributed by atoms with Gasteiger partial charge in [-0.1, -0.05) is 20.3 Å². The minimum absolute atomic E-state index is 0.559. The van der Waals surface area contributed by atoms with Gasteiger partial charge in [-0.15, -0.1) is 0 Å². The van der Waals surface area contributed by atoms with Crippen LogP contribution >= 0.6 is 31.9 Å². The molecule has 1 aromatic rings. The summed E-state index contributed by atoms with van der Waals surface area (Å²) in [5.41, 5.74) is 1.20.